The third kappa shape index (κ3) is 2.55. The quantitative estimate of drug-likeness (QED) is 0.614. The predicted octanol–water partition coefficient (Wildman–Crippen LogP) is 2.65. The average molecular weight is 219 g/mol. The number of carbonyl (C=O) groups excluding carboxylic acids is 1. The van der Waals surface area contributed by atoms with Gasteiger partial charge in [0, 0.05) is 0 Å². The van der Waals surface area contributed by atoms with Crippen molar-refractivity contribution in [2.45, 2.75) is 26.2 Å². The Kier molecular flexibility index (Phi) is 3.25. The van der Waals surface area contributed by atoms with Crippen molar-refractivity contribution in [1.29, 1.82) is 0 Å². The molecule has 4 heteroatoms. The molecule has 84 valence electrons. The van der Waals surface area contributed by atoms with Crippen LogP contribution in [0.25, 0.3) is 0 Å². The fourth-order valence-corrected chi connectivity index (χ4v) is 1.44. The Hall–Kier alpha value is -1.93. The summed E-state index contributed by atoms with van der Waals surface area (Å²) in [5, 5.41) is 8.83. The minimum atomic E-state index is -1.04. The smallest absolute Gasteiger partial charge is 0.335 e. The highest BCUT2D eigenvalue weighted by atomic mass is 16.4. The number of nitrogens with zero attached hydrogens (tertiary/aromatic N) is 1. The van der Waals surface area contributed by atoms with Crippen LogP contribution < -0.4 is 0 Å². The second-order valence-corrected chi connectivity index (χ2v) is 4.49. The summed E-state index contributed by atoms with van der Waals surface area (Å²) in [6.07, 6.45) is 1.44. The molecule has 0 aliphatic heterocycles. The molecule has 0 saturated heterocycles. The highest BCUT2D eigenvalue weighted by molar-refractivity contribution is 5.89. The molecule has 0 atom stereocenters. The van der Waals surface area contributed by atoms with Crippen LogP contribution in [-0.4, -0.2) is 17.2 Å². The molecule has 0 aliphatic rings. The fraction of sp³-hybridized carbons (Fsp3) is 0.333. The lowest BCUT2D eigenvalue weighted by molar-refractivity contribution is 0.0697. The predicted molar refractivity (Wildman–Crippen MR) is 59.9 cm³/mol. The molecule has 0 heterocycles. The zero-order chi connectivity index (χ0) is 12.3. The van der Waals surface area contributed by atoms with Crippen LogP contribution in [0.15, 0.2) is 23.2 Å². The van der Waals surface area contributed by atoms with Gasteiger partial charge in [0.1, 0.15) is 0 Å². The Morgan fingerprint density at radius 3 is 2.44 bits per heavy atom. The van der Waals surface area contributed by atoms with Crippen molar-refractivity contribution in [1.82, 2.24) is 0 Å². The molecule has 1 N–H and O–H groups in total. The molecular formula is C12H13NO3. The largest absolute Gasteiger partial charge is 0.478 e. The highest BCUT2D eigenvalue weighted by Gasteiger charge is 2.19. The molecule has 0 amide bonds. The SMILES string of the molecule is CC(C)(C)c1ccc(C(=O)O)cc1N=C=O. The number of carboxylic acid groups (broad SMARTS) is 1. The van der Waals surface area contributed by atoms with E-state index in [1.54, 1.807) is 6.07 Å². The van der Waals surface area contributed by atoms with Gasteiger partial charge in [-0.2, -0.15) is 4.99 Å². The number of benzene rings is 1. The van der Waals surface area contributed by atoms with Gasteiger partial charge in [0.15, 0.2) is 0 Å². The fourth-order valence-electron chi connectivity index (χ4n) is 1.44. The number of isocyanates is 1. The topological polar surface area (TPSA) is 66.7 Å². The summed E-state index contributed by atoms with van der Waals surface area (Å²) in [6, 6.07) is 4.57. The summed E-state index contributed by atoms with van der Waals surface area (Å²) < 4.78 is 0. The lowest BCUT2D eigenvalue weighted by Crippen LogP contribution is -2.12. The van der Waals surface area contributed by atoms with E-state index in [-0.39, 0.29) is 11.0 Å². The van der Waals surface area contributed by atoms with Gasteiger partial charge in [0.2, 0.25) is 6.08 Å². The van der Waals surface area contributed by atoms with Gasteiger partial charge in [-0.25, -0.2) is 9.59 Å². The van der Waals surface area contributed by atoms with Crippen LogP contribution in [-0.2, 0) is 10.2 Å². The van der Waals surface area contributed by atoms with Gasteiger partial charge >= 0.3 is 5.97 Å². The van der Waals surface area contributed by atoms with Crippen molar-refractivity contribution in [2.24, 2.45) is 4.99 Å². The zero-order valence-electron chi connectivity index (χ0n) is 9.44. The third-order valence-electron chi connectivity index (χ3n) is 2.22. The summed E-state index contributed by atoms with van der Waals surface area (Å²) in [5.41, 5.74) is 1.09. The van der Waals surface area contributed by atoms with E-state index in [0.717, 1.165) is 5.56 Å². The number of carbonyl (C=O) groups is 1. The lowest BCUT2D eigenvalue weighted by Gasteiger charge is -2.20. The molecule has 0 radical (unpaired) electrons. The summed E-state index contributed by atoms with van der Waals surface area (Å²) in [4.78, 5) is 24.6. The first-order valence-electron chi connectivity index (χ1n) is 4.82. The van der Waals surface area contributed by atoms with E-state index >= 15 is 0 Å². The summed E-state index contributed by atoms with van der Waals surface area (Å²) in [6.45, 7) is 5.89. The van der Waals surface area contributed by atoms with E-state index < -0.39 is 5.97 Å². The van der Waals surface area contributed by atoms with Crippen LogP contribution in [0.4, 0.5) is 5.69 Å². The van der Waals surface area contributed by atoms with Crippen molar-refractivity contribution in [2.75, 3.05) is 0 Å². The number of hydrogen-bond acceptors (Lipinski definition) is 3. The van der Waals surface area contributed by atoms with Crippen molar-refractivity contribution in [3.05, 3.63) is 29.3 Å². The molecule has 0 spiro atoms. The van der Waals surface area contributed by atoms with Gasteiger partial charge in [-0.05, 0) is 23.1 Å². The van der Waals surface area contributed by atoms with E-state index in [1.807, 2.05) is 20.8 Å². The van der Waals surface area contributed by atoms with Crippen LogP contribution >= 0.6 is 0 Å². The maximum atomic E-state index is 10.8. The average Bonchev–Trinajstić information content (AvgIpc) is 2.16. The standard InChI is InChI=1S/C12H13NO3/c1-12(2,3)9-5-4-8(11(15)16)6-10(9)13-7-14/h4-6H,1-3H3,(H,15,16). The van der Waals surface area contributed by atoms with E-state index in [0.29, 0.717) is 5.69 Å². The number of rotatable bonds is 2. The normalized spacial score (nSPS) is 10.7. The van der Waals surface area contributed by atoms with E-state index in [4.69, 9.17) is 5.11 Å². The first-order chi connectivity index (χ1) is 7.36. The van der Waals surface area contributed by atoms with E-state index in [2.05, 4.69) is 4.99 Å². The van der Waals surface area contributed by atoms with Gasteiger partial charge in [-0.1, -0.05) is 26.8 Å². The number of aromatic carboxylic acids is 1. The first kappa shape index (κ1) is 12.1. The van der Waals surface area contributed by atoms with Gasteiger partial charge in [0.25, 0.3) is 0 Å². The molecule has 0 aromatic heterocycles. The van der Waals surface area contributed by atoms with Gasteiger partial charge in [-0.15, -0.1) is 0 Å². The van der Waals surface area contributed by atoms with Crippen molar-refractivity contribution in [3.63, 3.8) is 0 Å². The number of carboxylic acids is 1. The number of aliphatic imine (C=N–C) groups is 1. The molecule has 0 fully saturated rings. The maximum absolute atomic E-state index is 10.8. The molecule has 1 aromatic carbocycles. The van der Waals surface area contributed by atoms with Crippen LogP contribution in [0.2, 0.25) is 0 Å². The summed E-state index contributed by atoms with van der Waals surface area (Å²) in [5.74, 6) is -1.04. The second-order valence-electron chi connectivity index (χ2n) is 4.49. The molecule has 0 unspecified atom stereocenters. The molecular weight excluding hydrogens is 206 g/mol. The molecule has 16 heavy (non-hydrogen) atoms. The van der Waals surface area contributed by atoms with E-state index in [9.17, 15) is 9.59 Å². The Labute approximate surface area is 93.6 Å². The maximum Gasteiger partial charge on any atom is 0.335 e. The monoisotopic (exact) mass is 219 g/mol. The number of hydrogen-bond donors (Lipinski definition) is 1. The Bertz CT molecular complexity index is 466. The molecule has 1 rings (SSSR count). The zero-order valence-corrected chi connectivity index (χ0v) is 9.44. The van der Waals surface area contributed by atoms with Crippen LogP contribution in [0.5, 0.6) is 0 Å². The Balaban J connectivity index is 3.42. The van der Waals surface area contributed by atoms with Crippen molar-refractivity contribution in [3.8, 4) is 0 Å². The minimum Gasteiger partial charge on any atom is -0.478 e. The molecule has 4 nitrogen and oxygen atoms in total. The van der Waals surface area contributed by atoms with Gasteiger partial charge in [0.05, 0.1) is 11.3 Å². The van der Waals surface area contributed by atoms with Crippen LogP contribution in [0.3, 0.4) is 0 Å². The van der Waals surface area contributed by atoms with Gasteiger partial charge < -0.3 is 5.11 Å². The molecule has 0 saturated carbocycles. The first-order valence-corrected chi connectivity index (χ1v) is 4.82. The van der Waals surface area contributed by atoms with E-state index in [1.165, 1.54) is 18.2 Å². The Morgan fingerprint density at radius 2 is 2.00 bits per heavy atom. The Morgan fingerprint density at radius 1 is 1.38 bits per heavy atom. The highest BCUT2D eigenvalue weighted by Crippen LogP contribution is 2.32. The third-order valence-corrected chi connectivity index (χ3v) is 2.22. The van der Waals surface area contributed by atoms with Crippen molar-refractivity contribution < 1.29 is 14.7 Å². The second kappa shape index (κ2) is 4.29. The summed E-state index contributed by atoms with van der Waals surface area (Å²) >= 11 is 0. The van der Waals surface area contributed by atoms with Crippen LogP contribution in [0.1, 0.15) is 36.7 Å². The molecule has 1 aromatic rings. The minimum absolute atomic E-state index is 0.113. The lowest BCUT2D eigenvalue weighted by atomic mass is 9.85. The molecule has 0 aliphatic carbocycles. The van der Waals surface area contributed by atoms with Crippen molar-refractivity contribution >= 4 is 17.7 Å². The van der Waals surface area contributed by atoms with Crippen LogP contribution in [0, 0.1) is 0 Å². The molecule has 0 bridgehead atoms. The van der Waals surface area contributed by atoms with Gasteiger partial charge in [-0.3, -0.25) is 0 Å². The summed E-state index contributed by atoms with van der Waals surface area (Å²) in [7, 11) is 0.